The molecule has 0 aliphatic carbocycles. The van der Waals surface area contributed by atoms with Crippen molar-refractivity contribution in [2.24, 2.45) is 0 Å². The van der Waals surface area contributed by atoms with E-state index < -0.39 is 0 Å². The zero-order chi connectivity index (χ0) is 9.84. The average molecular weight is 174 g/mol. The highest BCUT2D eigenvalue weighted by molar-refractivity contribution is 6.04. The number of ketones is 2. The van der Waals surface area contributed by atoms with Gasteiger partial charge in [0.05, 0.1) is 0 Å². The molecule has 1 rings (SSSR count). The Morgan fingerprint density at radius 1 is 1.15 bits per heavy atom. The Morgan fingerprint density at radius 2 is 1.62 bits per heavy atom. The van der Waals surface area contributed by atoms with E-state index in [-0.39, 0.29) is 11.6 Å². The van der Waals surface area contributed by atoms with Crippen LogP contribution in [0.15, 0.2) is 36.9 Å². The highest BCUT2D eigenvalue weighted by Gasteiger charge is 2.02. The second-order valence-electron chi connectivity index (χ2n) is 2.70. The Kier molecular flexibility index (Phi) is 2.75. The van der Waals surface area contributed by atoms with Crippen LogP contribution in [0.5, 0.6) is 0 Å². The Hall–Kier alpha value is -1.70. The molecule has 66 valence electrons. The molecule has 0 atom stereocenters. The van der Waals surface area contributed by atoms with Gasteiger partial charge in [-0.15, -0.1) is 0 Å². The Balaban J connectivity index is 3.00. The number of rotatable bonds is 3. The lowest BCUT2D eigenvalue weighted by atomic mass is 10.1. The van der Waals surface area contributed by atoms with Crippen molar-refractivity contribution in [3.8, 4) is 0 Å². The van der Waals surface area contributed by atoms with Crippen LogP contribution in [0.1, 0.15) is 27.6 Å². The van der Waals surface area contributed by atoms with Gasteiger partial charge in [0.2, 0.25) is 0 Å². The minimum absolute atomic E-state index is 0.00222. The van der Waals surface area contributed by atoms with E-state index in [9.17, 15) is 9.59 Å². The minimum Gasteiger partial charge on any atom is -0.295 e. The molecule has 0 unspecified atom stereocenters. The molecule has 1 aromatic rings. The summed E-state index contributed by atoms with van der Waals surface area (Å²) < 4.78 is 0. The number of Topliss-reactive ketones (excluding diaryl/α,β-unsaturated/α-hetero) is 1. The van der Waals surface area contributed by atoms with E-state index in [0.717, 1.165) is 0 Å². The summed E-state index contributed by atoms with van der Waals surface area (Å²) in [5, 5.41) is 0. The third-order valence-electron chi connectivity index (χ3n) is 1.76. The number of benzene rings is 1. The molecule has 0 spiro atoms. The maximum Gasteiger partial charge on any atom is 0.185 e. The largest absolute Gasteiger partial charge is 0.295 e. The molecule has 0 N–H and O–H groups in total. The van der Waals surface area contributed by atoms with E-state index in [1.807, 2.05) is 0 Å². The highest BCUT2D eigenvalue weighted by Crippen LogP contribution is 2.06. The molecule has 0 amide bonds. The molecule has 0 aromatic heterocycles. The van der Waals surface area contributed by atoms with Crippen LogP contribution < -0.4 is 0 Å². The standard InChI is InChI=1S/C11H10O2/c1-3-11(13)10-6-4-9(5-7-10)8(2)12/h3-7H,1H2,2H3. The van der Waals surface area contributed by atoms with Crippen LogP contribution in [-0.2, 0) is 0 Å². The lowest BCUT2D eigenvalue weighted by Gasteiger charge is -1.97. The summed E-state index contributed by atoms with van der Waals surface area (Å²) in [6.07, 6.45) is 1.25. The topological polar surface area (TPSA) is 34.1 Å². The van der Waals surface area contributed by atoms with Crippen LogP contribution in [-0.4, -0.2) is 11.6 Å². The molecule has 0 heterocycles. The smallest absolute Gasteiger partial charge is 0.185 e. The van der Waals surface area contributed by atoms with E-state index in [0.29, 0.717) is 11.1 Å². The summed E-state index contributed by atoms with van der Waals surface area (Å²) in [4.78, 5) is 22.0. The maximum absolute atomic E-state index is 11.1. The van der Waals surface area contributed by atoms with E-state index >= 15 is 0 Å². The Labute approximate surface area is 76.9 Å². The molecule has 0 aliphatic heterocycles. The molecule has 0 saturated carbocycles. The molecule has 2 nitrogen and oxygen atoms in total. The fourth-order valence-electron chi connectivity index (χ4n) is 0.987. The van der Waals surface area contributed by atoms with Crippen molar-refractivity contribution in [2.75, 3.05) is 0 Å². The molecule has 0 fully saturated rings. The molecule has 1 aromatic carbocycles. The number of carbonyl (C=O) groups is 2. The minimum atomic E-state index is -0.130. The van der Waals surface area contributed by atoms with Gasteiger partial charge < -0.3 is 0 Å². The van der Waals surface area contributed by atoms with Crippen molar-refractivity contribution < 1.29 is 9.59 Å². The fourth-order valence-corrected chi connectivity index (χ4v) is 0.987. The summed E-state index contributed by atoms with van der Waals surface area (Å²) in [5.74, 6) is -0.132. The van der Waals surface area contributed by atoms with Crippen LogP contribution in [0.2, 0.25) is 0 Å². The molecule has 13 heavy (non-hydrogen) atoms. The third kappa shape index (κ3) is 2.12. The van der Waals surface area contributed by atoms with Crippen molar-refractivity contribution in [3.05, 3.63) is 48.0 Å². The van der Waals surface area contributed by atoms with Gasteiger partial charge in [0.15, 0.2) is 11.6 Å². The predicted molar refractivity (Wildman–Crippen MR) is 51.0 cm³/mol. The van der Waals surface area contributed by atoms with Gasteiger partial charge in [0.25, 0.3) is 0 Å². The van der Waals surface area contributed by atoms with Crippen molar-refractivity contribution in [1.29, 1.82) is 0 Å². The first kappa shape index (κ1) is 9.39. The van der Waals surface area contributed by atoms with Crippen LogP contribution in [0.25, 0.3) is 0 Å². The van der Waals surface area contributed by atoms with Gasteiger partial charge in [-0.1, -0.05) is 30.8 Å². The molecule has 0 aliphatic rings. The summed E-state index contributed by atoms with van der Waals surface area (Å²) in [6, 6.07) is 6.53. The van der Waals surface area contributed by atoms with E-state index in [4.69, 9.17) is 0 Å². The SMILES string of the molecule is C=CC(=O)c1ccc(C(C)=O)cc1. The van der Waals surface area contributed by atoms with Crippen molar-refractivity contribution in [3.63, 3.8) is 0 Å². The fraction of sp³-hybridized carbons (Fsp3) is 0.0909. The Morgan fingerprint density at radius 3 is 2.00 bits per heavy atom. The second kappa shape index (κ2) is 3.81. The second-order valence-corrected chi connectivity index (χ2v) is 2.70. The molecular formula is C11H10O2. The van der Waals surface area contributed by atoms with E-state index in [1.165, 1.54) is 13.0 Å². The molecule has 2 heteroatoms. The number of hydrogen-bond acceptors (Lipinski definition) is 2. The first-order valence-corrected chi connectivity index (χ1v) is 3.93. The van der Waals surface area contributed by atoms with Crippen LogP contribution in [0.3, 0.4) is 0 Å². The lowest BCUT2D eigenvalue weighted by Crippen LogP contribution is -1.96. The van der Waals surface area contributed by atoms with Gasteiger partial charge in [-0.25, -0.2) is 0 Å². The van der Waals surface area contributed by atoms with E-state index in [1.54, 1.807) is 24.3 Å². The quantitative estimate of drug-likeness (QED) is 0.520. The molecule has 0 radical (unpaired) electrons. The zero-order valence-corrected chi connectivity index (χ0v) is 7.41. The first-order valence-electron chi connectivity index (χ1n) is 3.93. The number of carbonyl (C=O) groups excluding carboxylic acids is 2. The number of allylic oxidation sites excluding steroid dienone is 1. The Bertz CT molecular complexity index is 347. The lowest BCUT2D eigenvalue weighted by molar-refractivity contribution is 0.101. The summed E-state index contributed by atoms with van der Waals surface area (Å²) >= 11 is 0. The number of hydrogen-bond donors (Lipinski definition) is 0. The van der Waals surface area contributed by atoms with Crippen LogP contribution in [0, 0.1) is 0 Å². The third-order valence-corrected chi connectivity index (χ3v) is 1.76. The van der Waals surface area contributed by atoms with Crippen molar-refractivity contribution >= 4 is 11.6 Å². The van der Waals surface area contributed by atoms with Crippen molar-refractivity contribution in [2.45, 2.75) is 6.92 Å². The predicted octanol–water partition coefficient (Wildman–Crippen LogP) is 2.26. The molecule has 0 saturated heterocycles. The normalized spacial score (nSPS) is 9.31. The molecular weight excluding hydrogens is 164 g/mol. The van der Waals surface area contributed by atoms with Crippen LogP contribution in [0.4, 0.5) is 0 Å². The van der Waals surface area contributed by atoms with Gasteiger partial charge in [-0.2, -0.15) is 0 Å². The van der Waals surface area contributed by atoms with Gasteiger partial charge in [-0.3, -0.25) is 9.59 Å². The van der Waals surface area contributed by atoms with Crippen molar-refractivity contribution in [1.82, 2.24) is 0 Å². The summed E-state index contributed by atoms with van der Waals surface area (Å²) in [7, 11) is 0. The first-order chi connectivity index (χ1) is 6.15. The van der Waals surface area contributed by atoms with Gasteiger partial charge in [-0.05, 0) is 13.0 Å². The maximum atomic E-state index is 11.1. The van der Waals surface area contributed by atoms with Gasteiger partial charge in [0.1, 0.15) is 0 Å². The monoisotopic (exact) mass is 174 g/mol. The van der Waals surface area contributed by atoms with E-state index in [2.05, 4.69) is 6.58 Å². The van der Waals surface area contributed by atoms with Gasteiger partial charge in [0, 0.05) is 11.1 Å². The average Bonchev–Trinajstić information content (AvgIpc) is 2.17. The van der Waals surface area contributed by atoms with Gasteiger partial charge >= 0.3 is 0 Å². The summed E-state index contributed by atoms with van der Waals surface area (Å²) in [5.41, 5.74) is 1.17. The summed E-state index contributed by atoms with van der Waals surface area (Å²) in [6.45, 7) is 4.87. The molecule has 0 bridgehead atoms. The highest BCUT2D eigenvalue weighted by atomic mass is 16.1. The zero-order valence-electron chi connectivity index (χ0n) is 7.41. The van der Waals surface area contributed by atoms with Crippen LogP contribution >= 0.6 is 0 Å².